The summed E-state index contributed by atoms with van der Waals surface area (Å²) in [5.41, 5.74) is -0.844. The van der Waals surface area contributed by atoms with Gasteiger partial charge in [0, 0.05) is 11.5 Å². The van der Waals surface area contributed by atoms with Gasteiger partial charge >= 0.3 is 14.5 Å². The highest BCUT2D eigenvalue weighted by Gasteiger charge is 2.55. The van der Waals surface area contributed by atoms with Crippen molar-refractivity contribution in [1.82, 2.24) is 39.0 Å². The molecule has 8 rings (SSSR count). The second-order valence-electron chi connectivity index (χ2n) is 14.2. The van der Waals surface area contributed by atoms with Crippen LogP contribution in [-0.2, 0) is 53.3 Å². The van der Waals surface area contributed by atoms with E-state index < -0.39 is 107 Å². The molecule has 10 atom stereocenters. The highest BCUT2D eigenvalue weighted by molar-refractivity contribution is 8.07. The number of aromatic amines is 1. The van der Waals surface area contributed by atoms with Gasteiger partial charge in [-0.3, -0.25) is 51.9 Å². The van der Waals surface area contributed by atoms with Crippen LogP contribution in [0.15, 0.2) is 54.1 Å². The largest absolute Gasteiger partial charge is 0.475 e. The molecule has 0 spiro atoms. The first-order valence-electron chi connectivity index (χ1n) is 18.7. The molecule has 7 heterocycles. The summed E-state index contributed by atoms with van der Waals surface area (Å²) >= 11 is 5.28. The van der Waals surface area contributed by atoms with Crippen molar-refractivity contribution >= 4 is 72.3 Å². The summed E-state index contributed by atoms with van der Waals surface area (Å²) in [4.78, 5) is 72.9. The molecule has 0 radical (unpaired) electrons. The lowest BCUT2D eigenvalue weighted by Crippen LogP contribution is -2.34. The standard InChI is InChI=1S/C34H35F2N11O12P2S/c1-16(2)29(48)44-34-43-28-23(31(50)45-34)41-15-47(28)33-25-20(35)18(56-33)11-54-60(51,53-10-6-9-37)58-24-19(12-55-61(52,62)59-25)57-32(21(24)36)46-14-40-22-26(38-13-39-27(22)46)42-30(49)17-7-4-3-5-8-17/h3-5,7-8,13-16,18-21,24-25,32-33H,6,10-12H2,1-2H3,(H,52,62)(H,38,39,42,49)(H2,43,44,45,48,50)/t18-,19-,20-,21+,24-,25-,32-,33-,60?,61?/m1/s1. The molecule has 2 amide bonds. The molecular weight excluding hydrogens is 886 g/mol. The lowest BCUT2D eigenvalue weighted by molar-refractivity contribution is -0.118. The first kappa shape index (κ1) is 43.6. The molecule has 4 N–H and O–H groups in total. The second kappa shape index (κ2) is 17.6. The van der Waals surface area contributed by atoms with E-state index in [0.717, 1.165) is 28.1 Å². The summed E-state index contributed by atoms with van der Waals surface area (Å²) in [6, 6.07) is 10.1. The Hall–Kier alpha value is -5.03. The molecule has 5 aromatic rings. The van der Waals surface area contributed by atoms with Gasteiger partial charge < -0.3 is 24.2 Å². The molecule has 328 valence electrons. The molecule has 2 bridgehead atoms. The number of nitrogens with zero attached hydrogens (tertiary/aromatic N) is 8. The summed E-state index contributed by atoms with van der Waals surface area (Å²) in [6.07, 6.45) is -11.7. The molecule has 3 saturated heterocycles. The van der Waals surface area contributed by atoms with Crippen LogP contribution in [0.1, 0.15) is 43.1 Å². The summed E-state index contributed by atoms with van der Waals surface area (Å²) in [6.45, 7) is -3.58. The third-order valence-electron chi connectivity index (χ3n) is 9.67. The molecule has 3 aliphatic heterocycles. The third kappa shape index (κ3) is 8.79. The van der Waals surface area contributed by atoms with Crippen LogP contribution in [0.3, 0.4) is 0 Å². The fraction of sp³-hybridized carbons (Fsp3) is 0.441. The van der Waals surface area contributed by atoms with E-state index in [1.807, 2.05) is 0 Å². The van der Waals surface area contributed by atoms with Crippen molar-refractivity contribution in [2.75, 3.05) is 30.5 Å². The Kier molecular flexibility index (Phi) is 12.4. The van der Waals surface area contributed by atoms with Crippen LogP contribution in [-0.4, -0.2) is 112 Å². The monoisotopic (exact) mass is 921 g/mol. The predicted molar refractivity (Wildman–Crippen MR) is 211 cm³/mol. The van der Waals surface area contributed by atoms with Crippen LogP contribution in [0.5, 0.6) is 0 Å². The average molecular weight is 922 g/mol. The summed E-state index contributed by atoms with van der Waals surface area (Å²) in [7, 11) is -4.97. The van der Waals surface area contributed by atoms with Gasteiger partial charge in [0.25, 0.3) is 11.5 Å². The number of nitrogens with one attached hydrogen (secondary N) is 3. The van der Waals surface area contributed by atoms with Crippen molar-refractivity contribution in [3.8, 4) is 6.07 Å². The normalized spacial score (nSPS) is 30.3. The molecule has 23 nitrogen and oxygen atoms in total. The number of H-pyrrole nitrogens is 1. The average Bonchev–Trinajstić information content (AvgIpc) is 4.01. The smallest absolute Gasteiger partial charge is 0.346 e. The van der Waals surface area contributed by atoms with Gasteiger partial charge in [-0.15, -0.1) is 0 Å². The SMILES string of the molecule is CC(C)C(=O)Nc1nc2c(ncn2[C@@H]2O[C@@H]3COP(=O)(OCCC#N)O[C@H]4[C@H](F)[C@H](n5cnc6c(NC(=O)c7ccccc7)ncnc65)O[C@@H]4COP(O)(=S)O[C@@H]2[C@@H]3F)c(=O)[nH]1. The number of aromatic nitrogens is 8. The van der Waals surface area contributed by atoms with Crippen LogP contribution in [0.25, 0.3) is 22.3 Å². The van der Waals surface area contributed by atoms with Crippen molar-refractivity contribution in [2.45, 2.75) is 69.5 Å². The number of fused-ring (bicyclic) bond motifs is 5. The van der Waals surface area contributed by atoms with E-state index in [4.69, 9.17) is 49.2 Å². The number of nitriles is 1. The van der Waals surface area contributed by atoms with Gasteiger partial charge in [0.2, 0.25) is 11.9 Å². The summed E-state index contributed by atoms with van der Waals surface area (Å²) in [5, 5.41) is 14.3. The summed E-state index contributed by atoms with van der Waals surface area (Å²) in [5.74, 6) is -1.75. The first-order valence-corrected chi connectivity index (χ1v) is 22.7. The fourth-order valence-electron chi connectivity index (χ4n) is 6.64. The topological polar surface area (TPSA) is 291 Å². The molecule has 1 aromatic carbocycles. The Labute approximate surface area is 352 Å². The van der Waals surface area contributed by atoms with Crippen molar-refractivity contribution in [2.24, 2.45) is 5.92 Å². The Morgan fingerprint density at radius 3 is 2.44 bits per heavy atom. The van der Waals surface area contributed by atoms with Gasteiger partial charge in [-0.1, -0.05) is 32.0 Å². The van der Waals surface area contributed by atoms with Crippen molar-refractivity contribution in [3.63, 3.8) is 0 Å². The minimum Gasteiger partial charge on any atom is -0.346 e. The molecule has 3 aliphatic rings. The molecule has 0 saturated carbocycles. The number of carbonyl (C=O) groups is 2. The van der Waals surface area contributed by atoms with Crippen LogP contribution in [0, 0.1) is 17.2 Å². The number of carbonyl (C=O) groups excluding carboxylic acids is 2. The van der Waals surface area contributed by atoms with Gasteiger partial charge in [0.1, 0.15) is 30.7 Å². The van der Waals surface area contributed by atoms with Gasteiger partial charge in [-0.25, -0.2) is 33.3 Å². The van der Waals surface area contributed by atoms with Crippen LogP contribution in [0.2, 0.25) is 0 Å². The molecule has 3 fully saturated rings. The molecule has 2 unspecified atom stereocenters. The number of phosphoric acid groups is 1. The van der Waals surface area contributed by atoms with E-state index in [9.17, 15) is 23.8 Å². The van der Waals surface area contributed by atoms with E-state index >= 15 is 8.78 Å². The number of hydrogen-bond acceptors (Lipinski definition) is 18. The highest BCUT2D eigenvalue weighted by Crippen LogP contribution is 2.57. The third-order valence-corrected chi connectivity index (χ3v) is 12.7. The number of ether oxygens (including phenoxy) is 2. The number of amides is 2. The maximum atomic E-state index is 16.8. The van der Waals surface area contributed by atoms with Gasteiger partial charge in [0.05, 0.1) is 45.0 Å². The van der Waals surface area contributed by atoms with E-state index in [0.29, 0.717) is 5.56 Å². The van der Waals surface area contributed by atoms with E-state index in [1.54, 1.807) is 50.2 Å². The molecule has 28 heteroatoms. The number of anilines is 2. The minimum atomic E-state index is -4.97. The number of rotatable bonds is 9. The van der Waals surface area contributed by atoms with Gasteiger partial charge in [-0.2, -0.15) is 10.2 Å². The number of imidazole rings is 2. The summed E-state index contributed by atoms with van der Waals surface area (Å²) < 4.78 is 89.7. The minimum absolute atomic E-state index is 0.00210. The number of alkyl halides is 2. The lowest BCUT2D eigenvalue weighted by Gasteiger charge is -2.27. The molecule has 62 heavy (non-hydrogen) atoms. The Bertz CT molecular complexity index is 2700. The number of halogens is 2. The van der Waals surface area contributed by atoms with Crippen LogP contribution < -0.4 is 16.2 Å². The van der Waals surface area contributed by atoms with Crippen molar-refractivity contribution in [3.05, 3.63) is 65.2 Å². The zero-order chi connectivity index (χ0) is 43.9. The van der Waals surface area contributed by atoms with Gasteiger partial charge in [-0.05, 0) is 23.9 Å². The Morgan fingerprint density at radius 1 is 0.984 bits per heavy atom. The number of phosphoric ester groups is 1. The predicted octanol–water partition coefficient (Wildman–Crippen LogP) is 3.35. The number of hydrogen-bond donors (Lipinski definition) is 4. The molecule has 0 aliphatic carbocycles. The van der Waals surface area contributed by atoms with Crippen molar-refractivity contribution in [1.29, 1.82) is 5.26 Å². The first-order chi connectivity index (χ1) is 29.6. The zero-order valence-electron chi connectivity index (χ0n) is 32.2. The van der Waals surface area contributed by atoms with E-state index in [2.05, 4.69) is 40.5 Å². The van der Waals surface area contributed by atoms with E-state index in [1.165, 1.54) is 0 Å². The molecular formula is C34H35F2N11O12P2S. The zero-order valence-corrected chi connectivity index (χ0v) is 34.8. The highest BCUT2D eigenvalue weighted by atomic mass is 32.5. The number of benzene rings is 1. The lowest BCUT2D eigenvalue weighted by atomic mass is 10.1. The maximum Gasteiger partial charge on any atom is 0.475 e. The Balaban J connectivity index is 1.10. The Morgan fingerprint density at radius 2 is 1.69 bits per heavy atom. The van der Waals surface area contributed by atoms with E-state index in [-0.39, 0.29) is 40.5 Å². The maximum absolute atomic E-state index is 16.8. The fourth-order valence-corrected chi connectivity index (χ4v) is 9.44. The quantitative estimate of drug-likeness (QED) is 0.122. The van der Waals surface area contributed by atoms with Crippen molar-refractivity contribution < 1.29 is 59.9 Å². The molecule has 4 aromatic heterocycles. The second-order valence-corrected chi connectivity index (χ2v) is 18.6. The van der Waals surface area contributed by atoms with Crippen LogP contribution in [0.4, 0.5) is 20.5 Å². The van der Waals surface area contributed by atoms with Crippen LogP contribution >= 0.6 is 14.5 Å². The van der Waals surface area contributed by atoms with Gasteiger partial charge in [0.15, 0.2) is 52.9 Å².